The number of ketones is 1. The summed E-state index contributed by atoms with van der Waals surface area (Å²) < 4.78 is 12.4. The normalized spacial score (nSPS) is 32.3. The molecule has 1 saturated heterocycles. The van der Waals surface area contributed by atoms with E-state index in [1.807, 2.05) is 18.7 Å². The molecule has 1 atom stereocenters. The highest BCUT2D eigenvalue weighted by molar-refractivity contribution is 7.52. The van der Waals surface area contributed by atoms with Gasteiger partial charge in [-0.05, 0) is 50.9 Å². The fourth-order valence-electron chi connectivity index (χ4n) is 5.75. The minimum absolute atomic E-state index is 0.209. The standard InChI is InChI=1S/C22H35N4O4P/c1-15(2)21-23-12-19(13-24-21)25-8-9-26(20(14-25)31(28,29)30)18-10-22(11-18)6-4-17(5-7-22)16(3)27/h12-13,15,17-18,20H,4-11,14H2,1-3H3,(H2,28,29,30). The minimum atomic E-state index is -4.29. The number of aromatic nitrogens is 2. The summed E-state index contributed by atoms with van der Waals surface area (Å²) in [5, 5.41) is 0. The molecule has 1 aromatic rings. The Balaban J connectivity index is 1.41. The lowest BCUT2D eigenvalue weighted by atomic mass is 9.56. The molecule has 8 nitrogen and oxygen atoms in total. The third-order valence-electron chi connectivity index (χ3n) is 7.75. The van der Waals surface area contributed by atoms with Gasteiger partial charge in [0.1, 0.15) is 17.4 Å². The van der Waals surface area contributed by atoms with Crippen LogP contribution in [-0.2, 0) is 9.36 Å². The van der Waals surface area contributed by atoms with Crippen LogP contribution in [0.25, 0.3) is 0 Å². The first-order valence-electron chi connectivity index (χ1n) is 11.5. The Morgan fingerprint density at radius 2 is 1.77 bits per heavy atom. The van der Waals surface area contributed by atoms with E-state index in [-0.39, 0.29) is 29.8 Å². The number of carbonyl (C=O) groups excluding carboxylic acids is 1. The van der Waals surface area contributed by atoms with Gasteiger partial charge in [0.15, 0.2) is 0 Å². The van der Waals surface area contributed by atoms with Crippen LogP contribution >= 0.6 is 7.60 Å². The summed E-state index contributed by atoms with van der Waals surface area (Å²) in [4.78, 5) is 44.8. The Morgan fingerprint density at radius 3 is 2.29 bits per heavy atom. The fraction of sp³-hybridized carbons (Fsp3) is 0.773. The molecule has 3 fully saturated rings. The number of hydrogen-bond acceptors (Lipinski definition) is 6. The SMILES string of the molecule is CC(=O)C1CCC2(CC1)CC(N1CCN(c3cnc(C(C)C)nc3)CC1P(=O)(O)O)C2. The third kappa shape index (κ3) is 4.72. The highest BCUT2D eigenvalue weighted by Crippen LogP contribution is 2.57. The van der Waals surface area contributed by atoms with Crippen molar-refractivity contribution in [3.63, 3.8) is 0 Å². The maximum atomic E-state index is 12.4. The molecule has 9 heteroatoms. The summed E-state index contributed by atoms with van der Waals surface area (Å²) in [7, 11) is -4.29. The van der Waals surface area contributed by atoms with Crippen LogP contribution < -0.4 is 4.90 Å². The molecule has 0 aromatic carbocycles. The Labute approximate surface area is 184 Å². The van der Waals surface area contributed by atoms with Crippen LogP contribution in [0, 0.1) is 11.3 Å². The molecule has 0 radical (unpaired) electrons. The predicted octanol–water partition coefficient (Wildman–Crippen LogP) is 3.15. The van der Waals surface area contributed by atoms with Gasteiger partial charge in [-0.2, -0.15) is 0 Å². The molecule has 1 aliphatic heterocycles. The molecular formula is C22H35N4O4P. The lowest BCUT2D eigenvalue weighted by Crippen LogP contribution is -2.61. The number of carbonyl (C=O) groups is 1. The van der Waals surface area contributed by atoms with Crippen molar-refractivity contribution in [3.05, 3.63) is 18.2 Å². The van der Waals surface area contributed by atoms with Crippen LogP contribution in [0.1, 0.15) is 71.0 Å². The lowest BCUT2D eigenvalue weighted by molar-refractivity contribution is -0.124. The van der Waals surface area contributed by atoms with Gasteiger partial charge >= 0.3 is 7.60 Å². The molecular weight excluding hydrogens is 415 g/mol. The summed E-state index contributed by atoms with van der Waals surface area (Å²) in [5.41, 5.74) is 1.09. The molecule has 2 heterocycles. The van der Waals surface area contributed by atoms with Crippen LogP contribution in [-0.4, -0.2) is 61.9 Å². The number of rotatable bonds is 5. The van der Waals surface area contributed by atoms with Crippen LogP contribution in [0.4, 0.5) is 5.69 Å². The van der Waals surface area contributed by atoms with Gasteiger partial charge in [-0.3, -0.25) is 14.3 Å². The molecule has 0 amide bonds. The average molecular weight is 451 g/mol. The van der Waals surface area contributed by atoms with Gasteiger partial charge in [0, 0.05) is 37.5 Å². The van der Waals surface area contributed by atoms with Crippen molar-refractivity contribution in [1.82, 2.24) is 14.9 Å². The Morgan fingerprint density at radius 1 is 1.16 bits per heavy atom. The van der Waals surface area contributed by atoms with E-state index in [2.05, 4.69) is 14.9 Å². The molecule has 172 valence electrons. The number of nitrogens with zero attached hydrogens (tertiary/aromatic N) is 4. The van der Waals surface area contributed by atoms with E-state index in [0.29, 0.717) is 18.9 Å². The Bertz CT molecular complexity index is 840. The van der Waals surface area contributed by atoms with Crippen molar-refractivity contribution in [2.75, 3.05) is 24.5 Å². The molecule has 1 unspecified atom stereocenters. The van der Waals surface area contributed by atoms with E-state index in [4.69, 9.17) is 0 Å². The number of hydrogen-bond donors (Lipinski definition) is 2. The average Bonchev–Trinajstić information content (AvgIpc) is 2.71. The summed E-state index contributed by atoms with van der Waals surface area (Å²) in [5.74, 6) is 0.717. The van der Waals surface area contributed by atoms with Gasteiger partial charge in [-0.25, -0.2) is 9.97 Å². The quantitative estimate of drug-likeness (QED) is 0.659. The van der Waals surface area contributed by atoms with Crippen molar-refractivity contribution in [2.24, 2.45) is 11.3 Å². The minimum Gasteiger partial charge on any atom is -0.366 e. The zero-order valence-corrected chi connectivity index (χ0v) is 19.7. The van der Waals surface area contributed by atoms with Crippen LogP contribution in [0.3, 0.4) is 0 Å². The van der Waals surface area contributed by atoms with Crippen molar-refractivity contribution in [3.8, 4) is 0 Å². The first-order valence-corrected chi connectivity index (χ1v) is 13.1. The molecule has 2 saturated carbocycles. The topological polar surface area (TPSA) is 107 Å². The van der Waals surface area contributed by atoms with Gasteiger partial charge in [0.2, 0.25) is 0 Å². The van der Waals surface area contributed by atoms with Gasteiger partial charge in [0.25, 0.3) is 0 Å². The lowest BCUT2D eigenvalue weighted by Gasteiger charge is -2.57. The van der Waals surface area contributed by atoms with E-state index in [1.165, 1.54) is 0 Å². The summed E-state index contributed by atoms with van der Waals surface area (Å²) in [6, 6.07) is 0.216. The first kappa shape index (κ1) is 22.8. The maximum Gasteiger partial charge on any atom is 0.344 e. The monoisotopic (exact) mass is 450 g/mol. The second-order valence-electron chi connectivity index (χ2n) is 10.2. The second kappa shape index (κ2) is 8.54. The zero-order valence-electron chi connectivity index (χ0n) is 18.8. The third-order valence-corrected chi connectivity index (χ3v) is 8.99. The highest BCUT2D eigenvalue weighted by atomic mass is 31.2. The zero-order chi connectivity index (χ0) is 22.4. The molecule has 1 spiro atoms. The molecule has 31 heavy (non-hydrogen) atoms. The van der Waals surface area contributed by atoms with Crippen molar-refractivity contribution in [2.45, 2.75) is 77.0 Å². The maximum absolute atomic E-state index is 12.4. The van der Waals surface area contributed by atoms with Crippen molar-refractivity contribution in [1.29, 1.82) is 0 Å². The van der Waals surface area contributed by atoms with Gasteiger partial charge in [0.05, 0.1) is 18.1 Å². The Kier molecular flexibility index (Phi) is 6.29. The summed E-state index contributed by atoms with van der Waals surface area (Å²) in [6.07, 6.45) is 9.55. The van der Waals surface area contributed by atoms with E-state index in [1.54, 1.807) is 19.3 Å². The van der Waals surface area contributed by atoms with Gasteiger partial charge in [-0.15, -0.1) is 0 Å². The smallest absolute Gasteiger partial charge is 0.344 e. The first-order chi connectivity index (χ1) is 14.6. The second-order valence-corrected chi connectivity index (χ2v) is 11.9. The fourth-order valence-corrected chi connectivity index (χ4v) is 6.85. The van der Waals surface area contributed by atoms with Crippen LogP contribution in [0.15, 0.2) is 12.4 Å². The van der Waals surface area contributed by atoms with Crippen LogP contribution in [0.5, 0.6) is 0 Å². The molecule has 3 aliphatic rings. The summed E-state index contributed by atoms with van der Waals surface area (Å²) >= 11 is 0. The molecule has 2 aliphatic carbocycles. The Hall–Kier alpha value is -1.34. The van der Waals surface area contributed by atoms with Crippen molar-refractivity contribution < 1.29 is 19.1 Å². The number of Topliss-reactive ketones (excluding diaryl/α,β-unsaturated/α-hetero) is 1. The largest absolute Gasteiger partial charge is 0.366 e. The van der Waals surface area contributed by atoms with E-state index in [0.717, 1.165) is 50.0 Å². The highest BCUT2D eigenvalue weighted by Gasteiger charge is 2.52. The number of anilines is 1. The van der Waals surface area contributed by atoms with E-state index in [9.17, 15) is 19.1 Å². The summed E-state index contributed by atoms with van der Waals surface area (Å²) in [6.45, 7) is 7.38. The molecule has 4 rings (SSSR count). The van der Waals surface area contributed by atoms with Gasteiger partial charge in [-0.1, -0.05) is 13.8 Å². The van der Waals surface area contributed by atoms with E-state index >= 15 is 0 Å². The molecule has 0 bridgehead atoms. The van der Waals surface area contributed by atoms with Gasteiger partial charge < -0.3 is 14.7 Å². The van der Waals surface area contributed by atoms with E-state index < -0.39 is 13.4 Å². The molecule has 1 aromatic heterocycles. The van der Waals surface area contributed by atoms with Crippen LogP contribution in [0.2, 0.25) is 0 Å². The van der Waals surface area contributed by atoms with Crippen molar-refractivity contribution >= 4 is 19.1 Å². The molecule has 2 N–H and O–H groups in total. The predicted molar refractivity (Wildman–Crippen MR) is 119 cm³/mol. The number of piperazine rings is 1.